The molecule has 1 aromatic carbocycles. The normalized spacial score (nSPS) is 13.4. The van der Waals surface area contributed by atoms with E-state index in [9.17, 15) is 13.2 Å². The van der Waals surface area contributed by atoms with Crippen LogP contribution in [0.4, 0.5) is 13.2 Å². The molecule has 0 radical (unpaired) electrons. The zero-order valence-electron chi connectivity index (χ0n) is 12.7. The van der Waals surface area contributed by atoms with Crippen molar-refractivity contribution in [2.45, 2.75) is 45.3 Å². The summed E-state index contributed by atoms with van der Waals surface area (Å²) in [6.07, 6.45) is -1.58. The van der Waals surface area contributed by atoms with Crippen LogP contribution in [0.25, 0.3) is 0 Å². The predicted octanol–water partition coefficient (Wildman–Crippen LogP) is 4.56. The second-order valence-electron chi connectivity index (χ2n) is 5.03. The van der Waals surface area contributed by atoms with Crippen LogP contribution in [0.3, 0.4) is 0 Å². The first kappa shape index (κ1) is 18.0. The fourth-order valence-electron chi connectivity index (χ4n) is 2.06. The Morgan fingerprint density at radius 1 is 1.05 bits per heavy atom. The van der Waals surface area contributed by atoms with E-state index in [4.69, 9.17) is 4.74 Å². The lowest BCUT2D eigenvalue weighted by Gasteiger charge is -2.19. The molecule has 0 bridgehead atoms. The topological polar surface area (TPSA) is 21.3 Å². The molecule has 2 nitrogen and oxygen atoms in total. The van der Waals surface area contributed by atoms with Crippen molar-refractivity contribution in [1.82, 2.24) is 5.32 Å². The molecule has 0 saturated heterocycles. The van der Waals surface area contributed by atoms with E-state index in [1.807, 2.05) is 6.92 Å². The summed E-state index contributed by atoms with van der Waals surface area (Å²) in [6, 6.07) is 5.42. The van der Waals surface area contributed by atoms with Gasteiger partial charge in [0.25, 0.3) is 0 Å². The van der Waals surface area contributed by atoms with Crippen molar-refractivity contribution in [2.75, 3.05) is 19.8 Å². The van der Waals surface area contributed by atoms with Crippen LogP contribution >= 0.6 is 0 Å². The number of ether oxygens (including phenoxy) is 1. The van der Waals surface area contributed by atoms with E-state index in [1.165, 1.54) is 0 Å². The van der Waals surface area contributed by atoms with Gasteiger partial charge in [-0.05, 0) is 43.5 Å². The number of halogens is 3. The Hall–Kier alpha value is -1.07. The first-order valence-corrected chi connectivity index (χ1v) is 7.47. The van der Waals surface area contributed by atoms with Crippen molar-refractivity contribution >= 4 is 0 Å². The Kier molecular flexibility index (Phi) is 7.75. The van der Waals surface area contributed by atoms with Gasteiger partial charge in [0.2, 0.25) is 0 Å². The van der Waals surface area contributed by atoms with Gasteiger partial charge in [-0.3, -0.25) is 0 Å². The minimum atomic E-state index is -4.28. The molecule has 0 aliphatic rings. The van der Waals surface area contributed by atoms with Crippen LogP contribution in [0.1, 0.15) is 50.3 Å². The average molecular weight is 303 g/mol. The molecule has 1 unspecified atom stereocenters. The monoisotopic (exact) mass is 303 g/mol. The Morgan fingerprint density at radius 2 is 1.71 bits per heavy atom. The molecule has 0 spiro atoms. The number of hydrogen-bond donors (Lipinski definition) is 1. The SMILES string of the molecule is CCCNC(CCOCCC)c1ccc(C(F)(F)F)cc1. The fraction of sp³-hybridized carbons (Fsp3) is 0.625. The lowest BCUT2D eigenvalue weighted by Crippen LogP contribution is -2.23. The highest BCUT2D eigenvalue weighted by molar-refractivity contribution is 5.26. The molecular formula is C16H24F3NO. The first-order chi connectivity index (χ1) is 9.99. The van der Waals surface area contributed by atoms with Crippen LogP contribution in [0.5, 0.6) is 0 Å². The molecule has 0 aliphatic carbocycles. The van der Waals surface area contributed by atoms with E-state index in [1.54, 1.807) is 12.1 Å². The average Bonchev–Trinajstić information content (AvgIpc) is 2.46. The lowest BCUT2D eigenvalue weighted by molar-refractivity contribution is -0.137. The smallest absolute Gasteiger partial charge is 0.381 e. The van der Waals surface area contributed by atoms with Crippen molar-refractivity contribution in [3.05, 3.63) is 35.4 Å². The summed E-state index contributed by atoms with van der Waals surface area (Å²) in [5, 5.41) is 3.36. The van der Waals surface area contributed by atoms with Crippen LogP contribution in [-0.4, -0.2) is 19.8 Å². The summed E-state index contributed by atoms with van der Waals surface area (Å²) in [4.78, 5) is 0. The molecule has 1 atom stereocenters. The lowest BCUT2D eigenvalue weighted by atomic mass is 10.0. The number of nitrogens with one attached hydrogen (secondary N) is 1. The van der Waals surface area contributed by atoms with Gasteiger partial charge in [0.1, 0.15) is 0 Å². The summed E-state index contributed by atoms with van der Waals surface area (Å²) in [7, 11) is 0. The maximum Gasteiger partial charge on any atom is 0.416 e. The van der Waals surface area contributed by atoms with Gasteiger partial charge in [-0.15, -0.1) is 0 Å². The van der Waals surface area contributed by atoms with Crippen LogP contribution < -0.4 is 5.32 Å². The van der Waals surface area contributed by atoms with Gasteiger partial charge in [0, 0.05) is 19.3 Å². The van der Waals surface area contributed by atoms with Gasteiger partial charge in [-0.25, -0.2) is 0 Å². The Balaban J connectivity index is 2.68. The van der Waals surface area contributed by atoms with Crippen LogP contribution in [-0.2, 0) is 10.9 Å². The second kappa shape index (κ2) is 9.05. The zero-order chi connectivity index (χ0) is 15.7. The molecule has 0 heterocycles. The third-order valence-electron chi connectivity index (χ3n) is 3.18. The molecule has 1 N–H and O–H groups in total. The van der Waals surface area contributed by atoms with Crippen molar-refractivity contribution < 1.29 is 17.9 Å². The number of benzene rings is 1. The van der Waals surface area contributed by atoms with Crippen LogP contribution in [0, 0.1) is 0 Å². The standard InChI is InChI=1S/C16H24F3NO/c1-3-10-20-15(9-12-21-11-4-2)13-5-7-14(8-6-13)16(17,18)19/h5-8,15,20H,3-4,9-12H2,1-2H3. The summed E-state index contributed by atoms with van der Waals surface area (Å²) in [5.74, 6) is 0. The summed E-state index contributed by atoms with van der Waals surface area (Å²) >= 11 is 0. The summed E-state index contributed by atoms with van der Waals surface area (Å²) in [5.41, 5.74) is 0.263. The van der Waals surface area contributed by atoms with E-state index >= 15 is 0 Å². The maximum atomic E-state index is 12.6. The maximum absolute atomic E-state index is 12.6. The van der Waals surface area contributed by atoms with E-state index in [2.05, 4.69) is 12.2 Å². The minimum Gasteiger partial charge on any atom is -0.381 e. The third kappa shape index (κ3) is 6.48. The largest absolute Gasteiger partial charge is 0.416 e. The Morgan fingerprint density at radius 3 is 2.24 bits per heavy atom. The predicted molar refractivity (Wildman–Crippen MR) is 78.2 cm³/mol. The van der Waals surface area contributed by atoms with Crippen molar-refractivity contribution in [3.63, 3.8) is 0 Å². The first-order valence-electron chi connectivity index (χ1n) is 7.47. The summed E-state index contributed by atoms with van der Waals surface area (Å²) < 4.78 is 43.2. The van der Waals surface area contributed by atoms with Gasteiger partial charge in [0.05, 0.1) is 5.56 Å². The third-order valence-corrected chi connectivity index (χ3v) is 3.18. The molecule has 0 aromatic heterocycles. The molecule has 0 amide bonds. The minimum absolute atomic E-state index is 0.0316. The van der Waals surface area contributed by atoms with Gasteiger partial charge in [-0.2, -0.15) is 13.2 Å². The second-order valence-corrected chi connectivity index (χ2v) is 5.03. The van der Waals surface area contributed by atoms with E-state index < -0.39 is 11.7 Å². The van der Waals surface area contributed by atoms with Crippen molar-refractivity contribution in [1.29, 1.82) is 0 Å². The Labute approximate surface area is 124 Å². The van der Waals surface area contributed by atoms with Crippen molar-refractivity contribution in [2.24, 2.45) is 0 Å². The van der Waals surface area contributed by atoms with E-state index in [0.717, 1.165) is 43.5 Å². The highest BCUT2D eigenvalue weighted by Crippen LogP contribution is 2.30. The molecule has 1 aromatic rings. The van der Waals surface area contributed by atoms with Gasteiger partial charge < -0.3 is 10.1 Å². The van der Waals surface area contributed by atoms with Crippen LogP contribution in [0.15, 0.2) is 24.3 Å². The highest BCUT2D eigenvalue weighted by atomic mass is 19.4. The molecular weight excluding hydrogens is 279 g/mol. The highest BCUT2D eigenvalue weighted by Gasteiger charge is 2.30. The molecule has 5 heteroatoms. The molecule has 0 aliphatic heterocycles. The zero-order valence-corrected chi connectivity index (χ0v) is 12.7. The molecule has 120 valence electrons. The molecule has 1 rings (SSSR count). The fourth-order valence-corrected chi connectivity index (χ4v) is 2.06. The van der Waals surface area contributed by atoms with Gasteiger partial charge in [-0.1, -0.05) is 26.0 Å². The molecule has 21 heavy (non-hydrogen) atoms. The van der Waals surface area contributed by atoms with Crippen LogP contribution in [0.2, 0.25) is 0 Å². The number of alkyl halides is 3. The van der Waals surface area contributed by atoms with Crippen molar-refractivity contribution in [3.8, 4) is 0 Å². The Bertz CT molecular complexity index is 390. The quantitative estimate of drug-likeness (QED) is 0.675. The number of rotatable bonds is 9. The number of hydrogen-bond acceptors (Lipinski definition) is 2. The van der Waals surface area contributed by atoms with Gasteiger partial charge >= 0.3 is 6.18 Å². The van der Waals surface area contributed by atoms with E-state index in [0.29, 0.717) is 13.2 Å². The summed E-state index contributed by atoms with van der Waals surface area (Å²) in [6.45, 7) is 6.26. The molecule has 0 fully saturated rings. The van der Waals surface area contributed by atoms with E-state index in [-0.39, 0.29) is 6.04 Å². The molecule has 0 saturated carbocycles. The van der Waals surface area contributed by atoms with Gasteiger partial charge in [0.15, 0.2) is 0 Å².